The monoisotopic (exact) mass is 248 g/mol. The summed E-state index contributed by atoms with van der Waals surface area (Å²) in [5, 5.41) is 2.83. The summed E-state index contributed by atoms with van der Waals surface area (Å²) in [6, 6.07) is 7.26. The van der Waals surface area contributed by atoms with Crippen LogP contribution in [-0.2, 0) is 4.79 Å². The lowest BCUT2D eigenvalue weighted by molar-refractivity contribution is -0.116. The molecule has 0 saturated carbocycles. The largest absolute Gasteiger partial charge is 0.497 e. The highest BCUT2D eigenvalue weighted by atomic mass is 16.5. The molecule has 0 aromatic heterocycles. The smallest absolute Gasteiger partial charge is 0.238 e. The molecule has 18 heavy (non-hydrogen) atoms. The highest BCUT2D eigenvalue weighted by Crippen LogP contribution is 2.14. The van der Waals surface area contributed by atoms with Crippen LogP contribution in [0.4, 0.5) is 5.69 Å². The van der Waals surface area contributed by atoms with E-state index in [-0.39, 0.29) is 5.91 Å². The fraction of sp³-hybridized carbons (Fsp3) is 0.357. The Morgan fingerprint density at radius 2 is 1.94 bits per heavy atom. The summed E-state index contributed by atoms with van der Waals surface area (Å²) in [5.41, 5.74) is 1.80. The van der Waals surface area contributed by atoms with Crippen molar-refractivity contribution in [2.45, 2.75) is 6.92 Å². The molecule has 4 heteroatoms. The first-order chi connectivity index (χ1) is 8.51. The van der Waals surface area contributed by atoms with Crippen LogP contribution in [0, 0.1) is 0 Å². The number of nitrogens with one attached hydrogen (secondary N) is 1. The van der Waals surface area contributed by atoms with E-state index in [1.807, 2.05) is 43.1 Å². The Balaban J connectivity index is 2.46. The predicted molar refractivity (Wildman–Crippen MR) is 73.9 cm³/mol. The predicted octanol–water partition coefficient (Wildman–Crippen LogP) is 2.14. The molecule has 4 nitrogen and oxygen atoms in total. The van der Waals surface area contributed by atoms with E-state index in [9.17, 15) is 4.79 Å². The molecule has 0 aliphatic carbocycles. The number of rotatable bonds is 6. The minimum absolute atomic E-state index is 0.0380. The van der Waals surface area contributed by atoms with Crippen LogP contribution >= 0.6 is 0 Å². The van der Waals surface area contributed by atoms with E-state index in [4.69, 9.17) is 4.74 Å². The van der Waals surface area contributed by atoms with Crippen molar-refractivity contribution in [1.82, 2.24) is 4.90 Å². The molecule has 0 aliphatic heterocycles. The number of likely N-dealkylation sites (N-methyl/N-ethyl adjacent to an activating group) is 1. The van der Waals surface area contributed by atoms with E-state index in [0.29, 0.717) is 6.54 Å². The highest BCUT2D eigenvalue weighted by molar-refractivity contribution is 5.92. The first kappa shape index (κ1) is 14.3. The Kier molecular flexibility index (Phi) is 5.39. The SMILES string of the molecule is C=C(C)CN(C)CC(=O)Nc1ccc(OC)cc1. The van der Waals surface area contributed by atoms with Gasteiger partial charge in [-0.2, -0.15) is 0 Å². The van der Waals surface area contributed by atoms with Crippen molar-refractivity contribution in [3.63, 3.8) is 0 Å². The molecule has 0 aliphatic rings. The van der Waals surface area contributed by atoms with Crippen molar-refractivity contribution in [1.29, 1.82) is 0 Å². The van der Waals surface area contributed by atoms with Crippen LogP contribution in [0.1, 0.15) is 6.92 Å². The van der Waals surface area contributed by atoms with Crippen molar-refractivity contribution in [3.8, 4) is 5.75 Å². The molecular weight excluding hydrogens is 228 g/mol. The number of hydrogen-bond donors (Lipinski definition) is 1. The summed E-state index contributed by atoms with van der Waals surface area (Å²) in [6.45, 7) is 6.82. The van der Waals surface area contributed by atoms with Crippen molar-refractivity contribution < 1.29 is 9.53 Å². The number of amides is 1. The lowest BCUT2D eigenvalue weighted by Gasteiger charge is -2.16. The molecule has 1 aromatic carbocycles. The minimum atomic E-state index is -0.0380. The van der Waals surface area contributed by atoms with E-state index in [2.05, 4.69) is 11.9 Å². The Bertz CT molecular complexity index is 412. The third-order valence-corrected chi connectivity index (χ3v) is 2.33. The molecular formula is C14H20N2O2. The Morgan fingerprint density at radius 1 is 1.33 bits per heavy atom. The van der Waals surface area contributed by atoms with Crippen LogP contribution in [0.3, 0.4) is 0 Å². The molecule has 0 saturated heterocycles. The van der Waals surface area contributed by atoms with Crippen LogP contribution in [0.5, 0.6) is 5.75 Å². The summed E-state index contributed by atoms with van der Waals surface area (Å²) in [4.78, 5) is 13.7. The average molecular weight is 248 g/mol. The lowest BCUT2D eigenvalue weighted by Crippen LogP contribution is -2.31. The Hall–Kier alpha value is -1.81. The molecule has 1 rings (SSSR count). The third-order valence-electron chi connectivity index (χ3n) is 2.33. The minimum Gasteiger partial charge on any atom is -0.497 e. The van der Waals surface area contributed by atoms with Gasteiger partial charge in [0.15, 0.2) is 0 Å². The zero-order chi connectivity index (χ0) is 13.5. The first-order valence-corrected chi connectivity index (χ1v) is 5.78. The maximum Gasteiger partial charge on any atom is 0.238 e. The van der Waals surface area contributed by atoms with E-state index in [1.54, 1.807) is 7.11 Å². The molecule has 0 bridgehead atoms. The van der Waals surface area contributed by atoms with Crippen LogP contribution in [0.25, 0.3) is 0 Å². The second-order valence-corrected chi connectivity index (χ2v) is 4.41. The van der Waals surface area contributed by atoms with Crippen LogP contribution < -0.4 is 10.1 Å². The fourth-order valence-electron chi connectivity index (χ4n) is 1.64. The summed E-state index contributed by atoms with van der Waals surface area (Å²) in [6.07, 6.45) is 0. The molecule has 0 atom stereocenters. The zero-order valence-corrected chi connectivity index (χ0v) is 11.2. The van der Waals surface area contributed by atoms with E-state index in [0.717, 1.165) is 23.6 Å². The molecule has 0 heterocycles. The lowest BCUT2D eigenvalue weighted by atomic mass is 10.3. The van der Waals surface area contributed by atoms with Crippen molar-refractivity contribution >= 4 is 11.6 Å². The summed E-state index contributed by atoms with van der Waals surface area (Å²) in [7, 11) is 3.50. The second-order valence-electron chi connectivity index (χ2n) is 4.41. The normalized spacial score (nSPS) is 10.2. The number of carbonyl (C=O) groups is 1. The fourth-order valence-corrected chi connectivity index (χ4v) is 1.64. The summed E-state index contributed by atoms with van der Waals surface area (Å²) in [5.74, 6) is 0.733. The molecule has 1 aromatic rings. The summed E-state index contributed by atoms with van der Waals surface area (Å²) < 4.78 is 5.05. The van der Waals surface area contributed by atoms with Crippen molar-refractivity contribution in [2.24, 2.45) is 0 Å². The number of nitrogens with zero attached hydrogens (tertiary/aromatic N) is 1. The van der Waals surface area contributed by atoms with Gasteiger partial charge in [0, 0.05) is 12.2 Å². The number of carbonyl (C=O) groups excluding carboxylic acids is 1. The van der Waals surface area contributed by atoms with Gasteiger partial charge in [-0.05, 0) is 38.2 Å². The van der Waals surface area contributed by atoms with Gasteiger partial charge in [0.2, 0.25) is 5.91 Å². The van der Waals surface area contributed by atoms with Gasteiger partial charge in [0.25, 0.3) is 0 Å². The molecule has 1 N–H and O–H groups in total. The van der Waals surface area contributed by atoms with Gasteiger partial charge in [0.05, 0.1) is 13.7 Å². The number of hydrogen-bond acceptors (Lipinski definition) is 3. The van der Waals surface area contributed by atoms with Gasteiger partial charge in [0.1, 0.15) is 5.75 Å². The highest BCUT2D eigenvalue weighted by Gasteiger charge is 2.06. The zero-order valence-electron chi connectivity index (χ0n) is 11.2. The maximum absolute atomic E-state index is 11.7. The molecule has 0 unspecified atom stereocenters. The molecule has 0 radical (unpaired) electrons. The average Bonchev–Trinajstić information content (AvgIpc) is 2.28. The van der Waals surface area contributed by atoms with Gasteiger partial charge in [-0.3, -0.25) is 9.69 Å². The Morgan fingerprint density at radius 3 is 2.44 bits per heavy atom. The van der Waals surface area contributed by atoms with Gasteiger partial charge in [-0.15, -0.1) is 0 Å². The molecule has 0 fully saturated rings. The number of benzene rings is 1. The number of ether oxygens (including phenoxy) is 1. The topological polar surface area (TPSA) is 41.6 Å². The van der Waals surface area contributed by atoms with Crippen molar-refractivity contribution in [2.75, 3.05) is 32.6 Å². The number of methoxy groups -OCH3 is 1. The standard InChI is InChI=1S/C14H20N2O2/c1-11(2)9-16(3)10-14(17)15-12-5-7-13(18-4)8-6-12/h5-8H,1,9-10H2,2-4H3,(H,15,17). The second kappa shape index (κ2) is 6.81. The Labute approximate surface area is 108 Å². The van der Waals surface area contributed by atoms with Gasteiger partial charge in [-0.1, -0.05) is 12.2 Å². The molecule has 1 amide bonds. The van der Waals surface area contributed by atoms with Crippen LogP contribution in [-0.4, -0.2) is 38.1 Å². The van der Waals surface area contributed by atoms with Gasteiger partial charge in [-0.25, -0.2) is 0 Å². The maximum atomic E-state index is 11.7. The van der Waals surface area contributed by atoms with E-state index >= 15 is 0 Å². The third kappa shape index (κ3) is 5.01. The van der Waals surface area contributed by atoms with Crippen LogP contribution in [0.2, 0.25) is 0 Å². The summed E-state index contributed by atoms with van der Waals surface area (Å²) >= 11 is 0. The number of anilines is 1. The molecule has 0 spiro atoms. The van der Waals surface area contributed by atoms with Crippen LogP contribution in [0.15, 0.2) is 36.4 Å². The molecule has 98 valence electrons. The quantitative estimate of drug-likeness (QED) is 0.784. The van der Waals surface area contributed by atoms with Crippen molar-refractivity contribution in [3.05, 3.63) is 36.4 Å². The van der Waals surface area contributed by atoms with E-state index in [1.165, 1.54) is 0 Å². The first-order valence-electron chi connectivity index (χ1n) is 5.78. The van der Waals surface area contributed by atoms with Gasteiger partial charge >= 0.3 is 0 Å². The van der Waals surface area contributed by atoms with Gasteiger partial charge < -0.3 is 10.1 Å². The van der Waals surface area contributed by atoms with E-state index < -0.39 is 0 Å².